The summed E-state index contributed by atoms with van der Waals surface area (Å²) < 4.78 is 16.3. The normalized spacial score (nSPS) is 19.1. The van der Waals surface area contributed by atoms with Gasteiger partial charge in [-0.2, -0.15) is 0 Å². The molecule has 0 bridgehead atoms. The molecule has 0 spiro atoms. The van der Waals surface area contributed by atoms with Crippen molar-refractivity contribution in [3.8, 4) is 0 Å². The van der Waals surface area contributed by atoms with E-state index in [4.69, 9.17) is 37.1 Å². The quantitative estimate of drug-likeness (QED) is 0.446. The number of ether oxygens (including phenoxy) is 2. The molecule has 0 saturated carbocycles. The summed E-state index contributed by atoms with van der Waals surface area (Å²) in [6, 6.07) is 5.31. The number of hydrogen-bond acceptors (Lipinski definition) is 7. The fourth-order valence-electron chi connectivity index (χ4n) is 3.54. The van der Waals surface area contributed by atoms with E-state index in [2.05, 4.69) is 15.2 Å². The Hall–Kier alpha value is -2.22. The van der Waals surface area contributed by atoms with Crippen molar-refractivity contribution in [2.24, 2.45) is 10.9 Å². The second-order valence-electron chi connectivity index (χ2n) is 6.87. The van der Waals surface area contributed by atoms with Gasteiger partial charge in [-0.3, -0.25) is 9.79 Å². The minimum atomic E-state index is -0.728. The monoisotopic (exact) mass is 451 g/mol. The molecule has 0 aliphatic carbocycles. The Morgan fingerprint density at radius 3 is 2.63 bits per heavy atom. The van der Waals surface area contributed by atoms with E-state index < -0.39 is 17.8 Å². The third kappa shape index (κ3) is 4.43. The van der Waals surface area contributed by atoms with Crippen LogP contribution in [0.4, 0.5) is 0 Å². The zero-order valence-corrected chi connectivity index (χ0v) is 18.8. The molecule has 2 unspecified atom stereocenters. The Balaban J connectivity index is 2.16. The molecule has 1 aliphatic heterocycles. The highest BCUT2D eigenvalue weighted by Crippen LogP contribution is 2.47. The molecular formula is C21H23Cl2N3O4. The Morgan fingerprint density at radius 1 is 1.20 bits per heavy atom. The van der Waals surface area contributed by atoms with Crippen LogP contribution >= 0.6 is 23.2 Å². The van der Waals surface area contributed by atoms with Crippen molar-refractivity contribution in [3.63, 3.8) is 0 Å². The minimum absolute atomic E-state index is 0.133. The first-order valence-corrected chi connectivity index (χ1v) is 10.3. The summed E-state index contributed by atoms with van der Waals surface area (Å²) in [5, 5.41) is 9.00. The maximum absolute atomic E-state index is 13.1. The molecule has 0 saturated heterocycles. The number of rotatable bonds is 7. The summed E-state index contributed by atoms with van der Waals surface area (Å²) in [5.41, 5.74) is 2.57. The number of halogens is 2. The standard InChI is InChI=1S/C21H23Cl2N3O4/c1-5-15-25-26-20(30-15)16-11(2)24-12(3)17(21(27)29-10-9-28-4)18(16)13-7-6-8-14(22)19(13)23/h6-8,17-18H,5,9-10H2,1-4H3. The van der Waals surface area contributed by atoms with Crippen LogP contribution in [0.2, 0.25) is 10.0 Å². The number of carbonyl (C=O) groups is 1. The number of benzene rings is 1. The zero-order chi connectivity index (χ0) is 21.8. The molecular weight excluding hydrogens is 429 g/mol. The predicted octanol–water partition coefficient (Wildman–Crippen LogP) is 4.73. The lowest BCUT2D eigenvalue weighted by molar-refractivity contribution is -0.147. The number of nitrogens with zero attached hydrogens (tertiary/aromatic N) is 3. The largest absolute Gasteiger partial charge is 0.463 e. The maximum Gasteiger partial charge on any atom is 0.315 e. The summed E-state index contributed by atoms with van der Waals surface area (Å²) in [4.78, 5) is 17.7. The first-order valence-electron chi connectivity index (χ1n) is 9.57. The smallest absolute Gasteiger partial charge is 0.315 e. The summed E-state index contributed by atoms with van der Waals surface area (Å²) >= 11 is 12.9. The Labute approximate surface area is 185 Å². The van der Waals surface area contributed by atoms with Crippen LogP contribution in [0.3, 0.4) is 0 Å². The fraction of sp³-hybridized carbons (Fsp3) is 0.429. The van der Waals surface area contributed by atoms with Crippen molar-refractivity contribution in [3.05, 3.63) is 51.3 Å². The second-order valence-corrected chi connectivity index (χ2v) is 7.65. The third-order valence-corrected chi connectivity index (χ3v) is 5.76. The van der Waals surface area contributed by atoms with Gasteiger partial charge in [-0.25, -0.2) is 0 Å². The molecule has 9 heteroatoms. The van der Waals surface area contributed by atoms with Gasteiger partial charge < -0.3 is 13.9 Å². The topological polar surface area (TPSA) is 86.8 Å². The van der Waals surface area contributed by atoms with Gasteiger partial charge in [0.15, 0.2) is 0 Å². The molecule has 3 rings (SSSR count). The van der Waals surface area contributed by atoms with Crippen molar-refractivity contribution in [1.29, 1.82) is 0 Å². The van der Waals surface area contributed by atoms with E-state index in [-0.39, 0.29) is 6.61 Å². The summed E-state index contributed by atoms with van der Waals surface area (Å²) in [6.45, 7) is 5.98. The van der Waals surface area contributed by atoms with Crippen LogP contribution in [-0.4, -0.2) is 42.2 Å². The molecule has 0 amide bonds. The van der Waals surface area contributed by atoms with Gasteiger partial charge in [0.05, 0.1) is 16.7 Å². The van der Waals surface area contributed by atoms with Crippen molar-refractivity contribution in [1.82, 2.24) is 10.2 Å². The Morgan fingerprint density at radius 2 is 1.97 bits per heavy atom. The van der Waals surface area contributed by atoms with Gasteiger partial charge in [0.2, 0.25) is 11.8 Å². The molecule has 160 valence electrons. The highest BCUT2D eigenvalue weighted by molar-refractivity contribution is 6.42. The van der Waals surface area contributed by atoms with Crippen LogP contribution in [0.1, 0.15) is 44.0 Å². The van der Waals surface area contributed by atoms with E-state index in [1.54, 1.807) is 26.2 Å². The van der Waals surface area contributed by atoms with Gasteiger partial charge in [-0.15, -0.1) is 10.2 Å². The fourth-order valence-corrected chi connectivity index (χ4v) is 3.96. The van der Waals surface area contributed by atoms with Gasteiger partial charge in [-0.05, 0) is 25.5 Å². The molecule has 7 nitrogen and oxygen atoms in total. The molecule has 1 aromatic heterocycles. The highest BCUT2D eigenvalue weighted by atomic mass is 35.5. The van der Waals surface area contributed by atoms with Crippen LogP contribution in [0.15, 0.2) is 33.3 Å². The van der Waals surface area contributed by atoms with Gasteiger partial charge in [0.1, 0.15) is 12.5 Å². The van der Waals surface area contributed by atoms with Crippen LogP contribution < -0.4 is 0 Å². The van der Waals surface area contributed by atoms with Crippen LogP contribution in [0.25, 0.3) is 5.57 Å². The minimum Gasteiger partial charge on any atom is -0.463 e. The maximum atomic E-state index is 13.1. The van der Waals surface area contributed by atoms with Gasteiger partial charge >= 0.3 is 5.97 Å². The van der Waals surface area contributed by atoms with Crippen LogP contribution in [0, 0.1) is 5.92 Å². The number of aromatic nitrogens is 2. The molecule has 2 atom stereocenters. The number of hydrogen-bond donors (Lipinski definition) is 0. The van der Waals surface area contributed by atoms with Crippen LogP contribution in [-0.2, 0) is 20.7 Å². The number of aliphatic imine (C=N–C) groups is 1. The van der Waals surface area contributed by atoms with E-state index in [0.29, 0.717) is 57.4 Å². The Bertz CT molecular complexity index is 1000. The average Bonchev–Trinajstić information content (AvgIpc) is 3.18. The van der Waals surface area contributed by atoms with E-state index in [1.807, 2.05) is 19.9 Å². The van der Waals surface area contributed by atoms with Crippen molar-refractivity contribution >= 4 is 40.5 Å². The second kappa shape index (κ2) is 9.73. The molecule has 2 aromatic rings. The number of methoxy groups -OCH3 is 1. The molecule has 1 aliphatic rings. The number of allylic oxidation sites excluding steroid dienone is 2. The lowest BCUT2D eigenvalue weighted by atomic mass is 9.75. The lowest BCUT2D eigenvalue weighted by Crippen LogP contribution is -2.34. The highest BCUT2D eigenvalue weighted by Gasteiger charge is 2.42. The Kier molecular flexibility index (Phi) is 7.28. The summed E-state index contributed by atoms with van der Waals surface area (Å²) in [5.74, 6) is -0.917. The van der Waals surface area contributed by atoms with Gasteiger partial charge in [0.25, 0.3) is 0 Å². The predicted molar refractivity (Wildman–Crippen MR) is 115 cm³/mol. The zero-order valence-electron chi connectivity index (χ0n) is 17.2. The SMILES string of the molecule is CCc1nnc(C2=C(C)N=C(C)C(C(=O)OCCOC)C2c2cccc(Cl)c2Cl)o1. The van der Waals surface area contributed by atoms with Crippen LogP contribution in [0.5, 0.6) is 0 Å². The van der Waals surface area contributed by atoms with E-state index in [1.165, 1.54) is 0 Å². The van der Waals surface area contributed by atoms with Crippen molar-refractivity contribution in [2.75, 3.05) is 20.3 Å². The number of aryl methyl sites for hydroxylation is 1. The van der Waals surface area contributed by atoms with Crippen molar-refractivity contribution in [2.45, 2.75) is 33.1 Å². The summed E-state index contributed by atoms with van der Waals surface area (Å²) in [7, 11) is 1.54. The van der Waals surface area contributed by atoms with Crippen molar-refractivity contribution < 1.29 is 18.7 Å². The van der Waals surface area contributed by atoms with E-state index in [0.717, 1.165) is 0 Å². The van der Waals surface area contributed by atoms with Gasteiger partial charge in [0, 0.05) is 36.4 Å². The molecule has 0 radical (unpaired) electrons. The number of esters is 1. The molecule has 0 fully saturated rings. The molecule has 1 aromatic carbocycles. The third-order valence-electron chi connectivity index (χ3n) is 4.93. The first-order chi connectivity index (χ1) is 14.4. The van der Waals surface area contributed by atoms with E-state index in [9.17, 15) is 4.79 Å². The molecule has 2 heterocycles. The average molecular weight is 452 g/mol. The first kappa shape index (κ1) is 22.5. The summed E-state index contributed by atoms with van der Waals surface area (Å²) in [6.07, 6.45) is 0.590. The molecule has 0 N–H and O–H groups in total. The number of carbonyl (C=O) groups excluding carboxylic acids is 1. The van der Waals surface area contributed by atoms with Gasteiger partial charge in [-0.1, -0.05) is 42.3 Å². The van der Waals surface area contributed by atoms with E-state index >= 15 is 0 Å². The molecule has 30 heavy (non-hydrogen) atoms. The lowest BCUT2D eigenvalue weighted by Gasteiger charge is -2.31.